The summed E-state index contributed by atoms with van der Waals surface area (Å²) in [6.07, 6.45) is 3.33. The molecule has 0 unspecified atom stereocenters. The van der Waals surface area contributed by atoms with Crippen molar-refractivity contribution < 1.29 is 18.1 Å². The monoisotopic (exact) mass is 234 g/mol. The summed E-state index contributed by atoms with van der Waals surface area (Å²) in [6.45, 7) is -0.0846. The Morgan fingerprint density at radius 3 is 2.18 bits per heavy atom. The Labute approximate surface area is 97.1 Å². The van der Waals surface area contributed by atoms with Crippen LogP contribution in [0.4, 0.5) is 8.78 Å². The van der Waals surface area contributed by atoms with E-state index in [0.717, 1.165) is 12.1 Å². The highest BCUT2D eigenvalue weighted by Crippen LogP contribution is 2.12. The fourth-order valence-electron chi connectivity index (χ4n) is 1.55. The molecule has 0 aliphatic rings. The summed E-state index contributed by atoms with van der Waals surface area (Å²) in [6, 6.07) is 8.66. The molecule has 0 fully saturated rings. The molecule has 0 atom stereocenters. The third kappa shape index (κ3) is 2.53. The van der Waals surface area contributed by atoms with Crippen LogP contribution in [-0.2, 0) is 6.54 Å². The summed E-state index contributed by atoms with van der Waals surface area (Å²) in [7, 11) is 0. The predicted octanol–water partition coefficient (Wildman–Crippen LogP) is 2.14. The maximum atomic E-state index is 13.3. The molecule has 0 aliphatic carbocycles. The van der Waals surface area contributed by atoms with Crippen LogP contribution in [0.3, 0.4) is 0 Å². The molecule has 17 heavy (non-hydrogen) atoms. The first-order chi connectivity index (χ1) is 8.18. The number of aromatic nitrogens is 1. The van der Waals surface area contributed by atoms with Gasteiger partial charge in [-0.2, -0.15) is 4.57 Å². The molecule has 0 saturated heterocycles. The molecule has 1 aromatic heterocycles. The highest BCUT2D eigenvalue weighted by Gasteiger charge is 2.20. The lowest BCUT2D eigenvalue weighted by Gasteiger charge is -2.01. The first kappa shape index (κ1) is 11.4. The van der Waals surface area contributed by atoms with Crippen molar-refractivity contribution in [3.8, 4) is 0 Å². The van der Waals surface area contributed by atoms with Gasteiger partial charge < -0.3 is 0 Å². The van der Waals surface area contributed by atoms with E-state index in [1.807, 2.05) is 0 Å². The summed E-state index contributed by atoms with van der Waals surface area (Å²) in [5, 5.41) is 0. The third-order valence-corrected chi connectivity index (χ3v) is 2.35. The second kappa shape index (κ2) is 4.82. The first-order valence-corrected chi connectivity index (χ1v) is 5.10. The number of benzene rings is 1. The maximum absolute atomic E-state index is 13.3. The SMILES string of the molecule is O=C(C[n+]1ccccc1)c1c(F)cccc1F. The predicted molar refractivity (Wildman–Crippen MR) is 57.3 cm³/mol. The molecule has 0 spiro atoms. The lowest BCUT2D eigenvalue weighted by Crippen LogP contribution is -2.37. The van der Waals surface area contributed by atoms with Gasteiger partial charge in [-0.25, -0.2) is 8.78 Å². The van der Waals surface area contributed by atoms with Crippen molar-refractivity contribution in [2.75, 3.05) is 0 Å². The Bertz CT molecular complexity index is 520. The number of Topliss-reactive ketones (excluding diaryl/α,β-unsaturated/α-hetero) is 1. The Hall–Kier alpha value is -2.10. The van der Waals surface area contributed by atoms with Gasteiger partial charge in [-0.15, -0.1) is 0 Å². The van der Waals surface area contributed by atoms with Crippen LogP contribution in [0.2, 0.25) is 0 Å². The van der Waals surface area contributed by atoms with E-state index in [0.29, 0.717) is 0 Å². The van der Waals surface area contributed by atoms with Crippen LogP contribution >= 0.6 is 0 Å². The fraction of sp³-hybridized carbons (Fsp3) is 0.0769. The molecule has 0 N–H and O–H groups in total. The van der Waals surface area contributed by atoms with Gasteiger partial charge in [-0.05, 0) is 12.1 Å². The van der Waals surface area contributed by atoms with E-state index in [1.165, 1.54) is 6.07 Å². The molecule has 0 saturated carbocycles. The van der Waals surface area contributed by atoms with Crippen LogP contribution in [-0.4, -0.2) is 5.78 Å². The van der Waals surface area contributed by atoms with Crippen molar-refractivity contribution >= 4 is 5.78 Å². The third-order valence-electron chi connectivity index (χ3n) is 2.35. The molecule has 0 amide bonds. The van der Waals surface area contributed by atoms with Crippen LogP contribution in [0.5, 0.6) is 0 Å². The summed E-state index contributed by atoms with van der Waals surface area (Å²) < 4.78 is 28.2. The van der Waals surface area contributed by atoms with Crippen molar-refractivity contribution in [1.29, 1.82) is 0 Å². The number of rotatable bonds is 3. The van der Waals surface area contributed by atoms with E-state index < -0.39 is 23.0 Å². The number of nitrogens with zero attached hydrogens (tertiary/aromatic N) is 1. The summed E-state index contributed by atoms with van der Waals surface area (Å²) in [5.74, 6) is -2.24. The van der Waals surface area contributed by atoms with Crippen molar-refractivity contribution in [3.63, 3.8) is 0 Å². The van der Waals surface area contributed by atoms with E-state index in [-0.39, 0.29) is 6.54 Å². The summed E-state index contributed by atoms with van der Waals surface area (Å²) in [4.78, 5) is 11.8. The lowest BCUT2D eigenvalue weighted by atomic mass is 10.1. The Kier molecular flexibility index (Phi) is 3.23. The van der Waals surface area contributed by atoms with Crippen LogP contribution < -0.4 is 4.57 Å². The van der Waals surface area contributed by atoms with Gasteiger partial charge in [0.15, 0.2) is 12.4 Å². The molecule has 0 bridgehead atoms. The number of halogens is 2. The largest absolute Gasteiger partial charge is 0.287 e. The van der Waals surface area contributed by atoms with Gasteiger partial charge in [-0.3, -0.25) is 4.79 Å². The minimum atomic E-state index is -0.827. The average Bonchev–Trinajstić information content (AvgIpc) is 2.30. The van der Waals surface area contributed by atoms with Crippen LogP contribution in [0.15, 0.2) is 48.8 Å². The van der Waals surface area contributed by atoms with Gasteiger partial charge in [0.05, 0.1) is 5.56 Å². The number of hydrogen-bond donors (Lipinski definition) is 0. The zero-order valence-corrected chi connectivity index (χ0v) is 8.94. The second-order valence-corrected chi connectivity index (χ2v) is 3.57. The second-order valence-electron chi connectivity index (χ2n) is 3.57. The van der Waals surface area contributed by atoms with Gasteiger partial charge in [0.2, 0.25) is 12.3 Å². The number of carbonyl (C=O) groups is 1. The Morgan fingerprint density at radius 1 is 1.00 bits per heavy atom. The van der Waals surface area contributed by atoms with E-state index in [4.69, 9.17) is 0 Å². The van der Waals surface area contributed by atoms with E-state index in [1.54, 1.807) is 35.2 Å². The van der Waals surface area contributed by atoms with Crippen molar-refractivity contribution in [3.05, 3.63) is 66.0 Å². The topological polar surface area (TPSA) is 20.9 Å². The zero-order valence-electron chi connectivity index (χ0n) is 8.94. The van der Waals surface area contributed by atoms with Crippen molar-refractivity contribution in [2.45, 2.75) is 6.54 Å². The quantitative estimate of drug-likeness (QED) is 0.588. The first-order valence-electron chi connectivity index (χ1n) is 5.10. The zero-order chi connectivity index (χ0) is 12.3. The molecule has 2 rings (SSSR count). The Balaban J connectivity index is 2.27. The van der Waals surface area contributed by atoms with Gasteiger partial charge in [-0.1, -0.05) is 12.1 Å². The van der Waals surface area contributed by atoms with E-state index in [9.17, 15) is 13.6 Å². The van der Waals surface area contributed by atoms with Gasteiger partial charge in [0, 0.05) is 12.1 Å². The van der Waals surface area contributed by atoms with Crippen molar-refractivity contribution in [2.24, 2.45) is 0 Å². The highest BCUT2D eigenvalue weighted by molar-refractivity contribution is 5.95. The normalized spacial score (nSPS) is 10.2. The van der Waals surface area contributed by atoms with Crippen LogP contribution in [0.25, 0.3) is 0 Å². The highest BCUT2D eigenvalue weighted by atomic mass is 19.1. The van der Waals surface area contributed by atoms with Crippen LogP contribution in [0, 0.1) is 11.6 Å². The molecule has 1 aromatic carbocycles. The molecule has 4 heteroatoms. The standard InChI is InChI=1S/C13H10F2NO/c14-10-5-4-6-11(15)13(10)12(17)9-16-7-2-1-3-8-16/h1-8H,9H2/q+1. The molecule has 2 nitrogen and oxygen atoms in total. The molecule has 0 aliphatic heterocycles. The smallest absolute Gasteiger partial charge is 0.233 e. The number of carbonyl (C=O) groups excluding carboxylic acids is 1. The van der Waals surface area contributed by atoms with E-state index in [2.05, 4.69) is 0 Å². The molecule has 86 valence electrons. The Morgan fingerprint density at radius 2 is 1.59 bits per heavy atom. The number of hydrogen-bond acceptors (Lipinski definition) is 1. The molecular formula is C13H10F2NO+. The van der Waals surface area contributed by atoms with Crippen molar-refractivity contribution in [1.82, 2.24) is 0 Å². The maximum Gasteiger partial charge on any atom is 0.233 e. The molecule has 1 heterocycles. The molecular weight excluding hydrogens is 224 g/mol. The lowest BCUT2D eigenvalue weighted by molar-refractivity contribution is -0.683. The minimum Gasteiger partial charge on any atom is -0.287 e. The van der Waals surface area contributed by atoms with Gasteiger partial charge in [0.1, 0.15) is 11.6 Å². The molecule has 2 aromatic rings. The molecule has 0 radical (unpaired) electrons. The minimum absolute atomic E-state index is 0.0846. The summed E-state index contributed by atoms with van der Waals surface area (Å²) in [5.41, 5.74) is -0.483. The van der Waals surface area contributed by atoms with Gasteiger partial charge >= 0.3 is 0 Å². The van der Waals surface area contributed by atoms with Crippen LogP contribution in [0.1, 0.15) is 10.4 Å². The number of pyridine rings is 1. The number of ketones is 1. The fourth-order valence-corrected chi connectivity index (χ4v) is 1.55. The average molecular weight is 234 g/mol. The van der Waals surface area contributed by atoms with E-state index >= 15 is 0 Å². The summed E-state index contributed by atoms with van der Waals surface area (Å²) >= 11 is 0. The van der Waals surface area contributed by atoms with Gasteiger partial charge in [0.25, 0.3) is 0 Å².